The van der Waals surface area contributed by atoms with E-state index in [1.165, 1.54) is 13.3 Å². The molecule has 0 aliphatic rings. The fourth-order valence-electron chi connectivity index (χ4n) is 2.37. The summed E-state index contributed by atoms with van der Waals surface area (Å²) in [5, 5.41) is 2.79. The van der Waals surface area contributed by atoms with E-state index in [2.05, 4.69) is 10.3 Å². The van der Waals surface area contributed by atoms with E-state index in [0.29, 0.717) is 22.4 Å². The number of amides is 1. The van der Waals surface area contributed by atoms with Crippen molar-refractivity contribution in [2.24, 2.45) is 0 Å². The second-order valence-electron chi connectivity index (χ2n) is 5.89. The number of esters is 1. The van der Waals surface area contributed by atoms with E-state index >= 15 is 0 Å². The van der Waals surface area contributed by atoms with E-state index in [4.69, 9.17) is 9.15 Å². The Balaban J connectivity index is 1.68. The Morgan fingerprint density at radius 1 is 1.16 bits per heavy atom. The van der Waals surface area contributed by atoms with Crippen LogP contribution in [0.3, 0.4) is 0 Å². The third kappa shape index (κ3) is 3.68. The predicted molar refractivity (Wildman–Crippen MR) is 93.4 cm³/mol. The molecule has 1 amide bonds. The molecule has 0 aliphatic heterocycles. The van der Waals surface area contributed by atoms with Crippen LogP contribution in [0.4, 0.5) is 5.69 Å². The molecular weight excluding hydrogens is 320 g/mol. The molecule has 0 radical (unpaired) electrons. The monoisotopic (exact) mass is 338 g/mol. The van der Waals surface area contributed by atoms with Crippen LogP contribution in [0.5, 0.6) is 0 Å². The highest BCUT2D eigenvalue weighted by Crippen LogP contribution is 2.18. The summed E-state index contributed by atoms with van der Waals surface area (Å²) in [6.07, 6.45) is 0.373. The quantitative estimate of drug-likeness (QED) is 0.735. The minimum Gasteiger partial charge on any atom is -0.449 e. The Morgan fingerprint density at radius 2 is 1.96 bits per heavy atom. The second-order valence-corrected chi connectivity index (χ2v) is 5.89. The molecular formula is C19H18N2O4. The molecule has 0 bridgehead atoms. The molecule has 128 valence electrons. The number of benzene rings is 2. The maximum absolute atomic E-state index is 12.3. The van der Waals surface area contributed by atoms with Gasteiger partial charge in [-0.2, -0.15) is 0 Å². The molecule has 1 atom stereocenters. The fraction of sp³-hybridized carbons (Fsp3) is 0.211. The van der Waals surface area contributed by atoms with Crippen LogP contribution in [-0.2, 0) is 9.53 Å². The van der Waals surface area contributed by atoms with Crippen molar-refractivity contribution in [2.45, 2.75) is 26.9 Å². The molecule has 3 rings (SSSR count). The van der Waals surface area contributed by atoms with Gasteiger partial charge in [-0.05, 0) is 56.2 Å². The van der Waals surface area contributed by atoms with Gasteiger partial charge in [-0.25, -0.2) is 9.78 Å². The molecule has 25 heavy (non-hydrogen) atoms. The zero-order valence-electron chi connectivity index (χ0n) is 14.2. The average Bonchev–Trinajstić information content (AvgIpc) is 3.05. The number of hydrogen-bond acceptors (Lipinski definition) is 5. The van der Waals surface area contributed by atoms with Gasteiger partial charge in [-0.3, -0.25) is 4.79 Å². The van der Waals surface area contributed by atoms with Gasteiger partial charge in [0.25, 0.3) is 5.91 Å². The zero-order chi connectivity index (χ0) is 18.0. The number of aromatic nitrogens is 1. The summed E-state index contributed by atoms with van der Waals surface area (Å²) in [5.41, 5.74) is 4.12. The highest BCUT2D eigenvalue weighted by molar-refractivity contribution is 5.98. The Bertz CT molecular complexity index is 946. The standard InChI is InChI=1S/C19H18N2O4/c1-11-4-5-12(2)16(8-11)21-18(22)13(3)25-19(23)14-6-7-15-17(9-14)24-10-20-15/h4-10,13H,1-3H3,(H,21,22). The molecule has 0 fully saturated rings. The summed E-state index contributed by atoms with van der Waals surface area (Å²) in [5.74, 6) is -0.982. The van der Waals surface area contributed by atoms with Gasteiger partial charge in [0.05, 0.1) is 5.56 Å². The fourth-order valence-corrected chi connectivity index (χ4v) is 2.37. The summed E-state index contributed by atoms with van der Waals surface area (Å²) < 4.78 is 10.4. The van der Waals surface area contributed by atoms with Crippen molar-refractivity contribution in [2.75, 3.05) is 5.32 Å². The average molecular weight is 338 g/mol. The van der Waals surface area contributed by atoms with Gasteiger partial charge in [-0.15, -0.1) is 0 Å². The van der Waals surface area contributed by atoms with E-state index in [9.17, 15) is 9.59 Å². The Labute approximate surface area is 144 Å². The normalized spacial score (nSPS) is 12.0. The Kier molecular flexibility index (Phi) is 4.52. The molecule has 1 N–H and O–H groups in total. The number of aryl methyl sites for hydroxylation is 2. The molecule has 3 aromatic rings. The Morgan fingerprint density at radius 3 is 2.76 bits per heavy atom. The van der Waals surface area contributed by atoms with E-state index in [1.807, 2.05) is 32.0 Å². The Hall–Kier alpha value is -3.15. The zero-order valence-corrected chi connectivity index (χ0v) is 14.2. The lowest BCUT2D eigenvalue weighted by Crippen LogP contribution is -2.30. The topological polar surface area (TPSA) is 81.4 Å². The summed E-state index contributed by atoms with van der Waals surface area (Å²) >= 11 is 0. The van der Waals surface area contributed by atoms with Crippen molar-refractivity contribution in [3.8, 4) is 0 Å². The number of fused-ring (bicyclic) bond motifs is 1. The van der Waals surface area contributed by atoms with Crippen molar-refractivity contribution in [3.05, 3.63) is 59.5 Å². The maximum atomic E-state index is 12.3. The highest BCUT2D eigenvalue weighted by atomic mass is 16.5. The summed E-state index contributed by atoms with van der Waals surface area (Å²) in [6.45, 7) is 5.38. The van der Waals surface area contributed by atoms with Gasteiger partial charge in [0, 0.05) is 5.69 Å². The number of nitrogens with zero attached hydrogens (tertiary/aromatic N) is 1. The van der Waals surface area contributed by atoms with E-state index < -0.39 is 12.1 Å². The van der Waals surface area contributed by atoms with Crippen LogP contribution >= 0.6 is 0 Å². The molecule has 1 heterocycles. The summed E-state index contributed by atoms with van der Waals surface area (Å²) in [7, 11) is 0. The van der Waals surface area contributed by atoms with Crippen molar-refractivity contribution >= 4 is 28.7 Å². The first kappa shape index (κ1) is 16.7. The van der Waals surface area contributed by atoms with Gasteiger partial charge in [0.2, 0.25) is 0 Å². The smallest absolute Gasteiger partial charge is 0.339 e. The number of ether oxygens (including phenoxy) is 1. The molecule has 0 spiro atoms. The minimum atomic E-state index is -0.933. The van der Waals surface area contributed by atoms with Crippen LogP contribution < -0.4 is 5.32 Å². The molecule has 6 nitrogen and oxygen atoms in total. The first-order valence-corrected chi connectivity index (χ1v) is 7.86. The first-order chi connectivity index (χ1) is 11.9. The predicted octanol–water partition coefficient (Wildman–Crippen LogP) is 3.63. The molecule has 0 saturated heterocycles. The summed E-state index contributed by atoms with van der Waals surface area (Å²) in [6, 6.07) is 10.6. The molecule has 2 aromatic carbocycles. The lowest BCUT2D eigenvalue weighted by molar-refractivity contribution is -0.123. The van der Waals surface area contributed by atoms with Gasteiger partial charge >= 0.3 is 5.97 Å². The van der Waals surface area contributed by atoms with Crippen molar-refractivity contribution in [3.63, 3.8) is 0 Å². The highest BCUT2D eigenvalue weighted by Gasteiger charge is 2.20. The lowest BCUT2D eigenvalue weighted by atomic mass is 10.1. The summed E-state index contributed by atoms with van der Waals surface area (Å²) in [4.78, 5) is 28.5. The lowest BCUT2D eigenvalue weighted by Gasteiger charge is -2.15. The number of hydrogen-bond donors (Lipinski definition) is 1. The maximum Gasteiger partial charge on any atom is 0.339 e. The van der Waals surface area contributed by atoms with Crippen LogP contribution in [-0.4, -0.2) is 23.0 Å². The number of carbonyl (C=O) groups excluding carboxylic acids is 2. The number of carbonyl (C=O) groups is 2. The van der Waals surface area contributed by atoms with Gasteiger partial charge < -0.3 is 14.5 Å². The first-order valence-electron chi connectivity index (χ1n) is 7.86. The van der Waals surface area contributed by atoms with E-state index in [0.717, 1.165) is 11.1 Å². The van der Waals surface area contributed by atoms with E-state index in [-0.39, 0.29) is 5.91 Å². The van der Waals surface area contributed by atoms with Crippen LogP contribution in [0.25, 0.3) is 11.1 Å². The molecule has 0 aliphatic carbocycles. The van der Waals surface area contributed by atoms with Crippen molar-refractivity contribution in [1.82, 2.24) is 4.98 Å². The number of anilines is 1. The third-order valence-corrected chi connectivity index (χ3v) is 3.87. The number of nitrogens with one attached hydrogen (secondary N) is 1. The van der Waals surface area contributed by atoms with E-state index in [1.54, 1.807) is 18.2 Å². The van der Waals surface area contributed by atoms with Crippen molar-refractivity contribution < 1.29 is 18.7 Å². The number of oxazole rings is 1. The third-order valence-electron chi connectivity index (χ3n) is 3.87. The van der Waals surface area contributed by atoms with Crippen LogP contribution in [0.15, 0.2) is 47.2 Å². The second kappa shape index (κ2) is 6.76. The van der Waals surface area contributed by atoms with Crippen LogP contribution in [0, 0.1) is 13.8 Å². The van der Waals surface area contributed by atoms with Gasteiger partial charge in [0.15, 0.2) is 18.1 Å². The molecule has 1 unspecified atom stereocenters. The largest absolute Gasteiger partial charge is 0.449 e. The van der Waals surface area contributed by atoms with Crippen molar-refractivity contribution in [1.29, 1.82) is 0 Å². The number of rotatable bonds is 4. The van der Waals surface area contributed by atoms with Crippen LogP contribution in [0.1, 0.15) is 28.4 Å². The molecule has 6 heteroatoms. The van der Waals surface area contributed by atoms with Crippen LogP contribution in [0.2, 0.25) is 0 Å². The SMILES string of the molecule is Cc1ccc(C)c(NC(=O)C(C)OC(=O)c2ccc3ncoc3c2)c1. The molecule has 0 saturated carbocycles. The minimum absolute atomic E-state index is 0.302. The van der Waals surface area contributed by atoms with Gasteiger partial charge in [0.1, 0.15) is 5.52 Å². The molecule has 1 aromatic heterocycles. The van der Waals surface area contributed by atoms with Gasteiger partial charge in [-0.1, -0.05) is 12.1 Å².